The fourth-order valence-electron chi connectivity index (χ4n) is 5.14. The molecule has 1 N–H and O–H groups in total. The van der Waals surface area contributed by atoms with Crippen molar-refractivity contribution in [3.63, 3.8) is 0 Å². The van der Waals surface area contributed by atoms with Crippen LogP contribution in [0.25, 0.3) is 0 Å². The maximum atomic E-state index is 3.96. The van der Waals surface area contributed by atoms with Crippen molar-refractivity contribution in [1.29, 1.82) is 0 Å². The van der Waals surface area contributed by atoms with Crippen LogP contribution in [0.4, 0.5) is 0 Å². The van der Waals surface area contributed by atoms with Gasteiger partial charge in [0.25, 0.3) is 0 Å². The number of rotatable bonds is 4. The molecule has 0 aromatic rings. The predicted octanol–water partition coefficient (Wildman–Crippen LogP) is 4.20. The molecule has 2 heteroatoms. The van der Waals surface area contributed by atoms with E-state index in [-0.39, 0.29) is 0 Å². The summed E-state index contributed by atoms with van der Waals surface area (Å²) in [6.07, 6.45) is 14.6. The minimum atomic E-state index is 0.786. The lowest BCUT2D eigenvalue weighted by atomic mass is 9.82. The molecule has 122 valence electrons. The molecule has 3 rings (SSSR count). The molecule has 1 saturated heterocycles. The Morgan fingerprint density at radius 3 is 2.29 bits per heavy atom. The van der Waals surface area contributed by atoms with E-state index in [4.69, 9.17) is 0 Å². The van der Waals surface area contributed by atoms with Gasteiger partial charge < -0.3 is 5.32 Å². The quantitative estimate of drug-likeness (QED) is 0.835. The fourth-order valence-corrected chi connectivity index (χ4v) is 5.14. The second-order valence-electron chi connectivity index (χ2n) is 8.33. The molecule has 3 fully saturated rings. The lowest BCUT2D eigenvalue weighted by Crippen LogP contribution is -2.61. The zero-order valence-corrected chi connectivity index (χ0v) is 14.3. The fraction of sp³-hybridized carbons (Fsp3) is 1.00. The van der Waals surface area contributed by atoms with Crippen molar-refractivity contribution >= 4 is 0 Å². The van der Waals surface area contributed by atoms with Crippen LogP contribution in [0.5, 0.6) is 0 Å². The molecule has 0 amide bonds. The van der Waals surface area contributed by atoms with E-state index < -0.39 is 0 Å². The normalized spacial score (nSPS) is 33.9. The molecule has 1 aliphatic heterocycles. The van der Waals surface area contributed by atoms with Crippen LogP contribution in [0, 0.1) is 11.8 Å². The number of nitrogens with one attached hydrogen (secondary N) is 1. The van der Waals surface area contributed by atoms with E-state index in [1.165, 1.54) is 77.3 Å². The van der Waals surface area contributed by atoms with E-state index in [0.717, 1.165) is 30.0 Å². The molecule has 0 radical (unpaired) electrons. The van der Waals surface area contributed by atoms with Crippen LogP contribution in [0.15, 0.2) is 0 Å². The Morgan fingerprint density at radius 2 is 1.62 bits per heavy atom. The van der Waals surface area contributed by atoms with Gasteiger partial charge in [0.15, 0.2) is 0 Å². The van der Waals surface area contributed by atoms with Crippen molar-refractivity contribution in [1.82, 2.24) is 10.2 Å². The van der Waals surface area contributed by atoms with Crippen molar-refractivity contribution in [3.05, 3.63) is 0 Å². The van der Waals surface area contributed by atoms with Gasteiger partial charge >= 0.3 is 0 Å². The van der Waals surface area contributed by atoms with Crippen LogP contribution in [-0.4, -0.2) is 36.1 Å². The summed E-state index contributed by atoms with van der Waals surface area (Å²) in [5.74, 6) is 1.79. The average Bonchev–Trinajstić information content (AvgIpc) is 3.02. The van der Waals surface area contributed by atoms with E-state index in [1.807, 2.05) is 0 Å². The molecule has 3 aliphatic rings. The Hall–Kier alpha value is -0.0800. The smallest absolute Gasteiger partial charge is 0.0226 e. The summed E-state index contributed by atoms with van der Waals surface area (Å²) in [5, 5.41) is 3.96. The molecule has 1 heterocycles. The minimum Gasteiger partial charge on any atom is -0.311 e. The third-order valence-electron chi connectivity index (χ3n) is 6.25. The second-order valence-corrected chi connectivity index (χ2v) is 8.33. The molecule has 2 unspecified atom stereocenters. The van der Waals surface area contributed by atoms with Crippen LogP contribution in [-0.2, 0) is 0 Å². The molecule has 0 aromatic carbocycles. The zero-order chi connectivity index (χ0) is 14.7. The molecule has 0 aromatic heterocycles. The average molecular weight is 293 g/mol. The topological polar surface area (TPSA) is 15.3 Å². The van der Waals surface area contributed by atoms with Gasteiger partial charge in [-0.15, -0.1) is 0 Å². The first-order valence-electron chi connectivity index (χ1n) is 9.73. The predicted molar refractivity (Wildman–Crippen MR) is 90.6 cm³/mol. The number of hydrogen-bond acceptors (Lipinski definition) is 2. The monoisotopic (exact) mass is 292 g/mol. The van der Waals surface area contributed by atoms with Crippen LogP contribution in [0.2, 0.25) is 0 Å². The zero-order valence-electron chi connectivity index (χ0n) is 14.3. The Labute approximate surface area is 132 Å². The van der Waals surface area contributed by atoms with Crippen molar-refractivity contribution in [2.75, 3.05) is 13.1 Å². The van der Waals surface area contributed by atoms with E-state index in [1.54, 1.807) is 0 Å². The van der Waals surface area contributed by atoms with Crippen LogP contribution in [0.3, 0.4) is 0 Å². The summed E-state index contributed by atoms with van der Waals surface area (Å²) < 4.78 is 0. The van der Waals surface area contributed by atoms with Crippen molar-refractivity contribution in [2.24, 2.45) is 11.8 Å². The summed E-state index contributed by atoms with van der Waals surface area (Å²) >= 11 is 0. The number of piperazine rings is 1. The molecular formula is C19H36N2. The molecule has 2 nitrogen and oxygen atoms in total. The summed E-state index contributed by atoms with van der Waals surface area (Å²) in [5.41, 5.74) is 0. The van der Waals surface area contributed by atoms with Gasteiger partial charge in [-0.2, -0.15) is 0 Å². The maximum absolute atomic E-state index is 3.96. The van der Waals surface area contributed by atoms with E-state index >= 15 is 0 Å². The lowest BCUT2D eigenvalue weighted by molar-refractivity contribution is 0.0499. The first-order chi connectivity index (χ1) is 10.2. The largest absolute Gasteiger partial charge is 0.311 e. The van der Waals surface area contributed by atoms with Crippen LogP contribution >= 0.6 is 0 Å². The highest BCUT2D eigenvalue weighted by Gasteiger charge is 2.36. The van der Waals surface area contributed by atoms with Gasteiger partial charge in [-0.1, -0.05) is 46.0 Å². The lowest BCUT2D eigenvalue weighted by Gasteiger charge is -2.47. The van der Waals surface area contributed by atoms with E-state index in [9.17, 15) is 0 Å². The van der Waals surface area contributed by atoms with Crippen LogP contribution in [0.1, 0.15) is 78.1 Å². The van der Waals surface area contributed by atoms with E-state index in [2.05, 4.69) is 24.1 Å². The van der Waals surface area contributed by atoms with Crippen LogP contribution < -0.4 is 5.32 Å². The van der Waals surface area contributed by atoms with Gasteiger partial charge in [-0.05, 0) is 43.9 Å². The SMILES string of the molecule is CC(C)CC1CNC(C2CCCCC2)CN1C1CCCC1. The highest BCUT2D eigenvalue weighted by atomic mass is 15.3. The van der Waals surface area contributed by atoms with Gasteiger partial charge in [0, 0.05) is 31.2 Å². The molecular weight excluding hydrogens is 256 g/mol. The number of hydrogen-bond donors (Lipinski definition) is 1. The molecule has 21 heavy (non-hydrogen) atoms. The highest BCUT2D eigenvalue weighted by molar-refractivity contribution is 4.94. The van der Waals surface area contributed by atoms with Crippen molar-refractivity contribution < 1.29 is 0 Å². The van der Waals surface area contributed by atoms with E-state index in [0.29, 0.717) is 0 Å². The van der Waals surface area contributed by atoms with Gasteiger partial charge in [0.05, 0.1) is 0 Å². The molecule has 0 spiro atoms. The Morgan fingerprint density at radius 1 is 0.952 bits per heavy atom. The number of nitrogens with zero attached hydrogens (tertiary/aromatic N) is 1. The van der Waals surface area contributed by atoms with Gasteiger partial charge in [-0.25, -0.2) is 0 Å². The first kappa shape index (κ1) is 15.8. The van der Waals surface area contributed by atoms with Gasteiger partial charge in [0.1, 0.15) is 0 Å². The standard InChI is InChI=1S/C19H36N2/c1-15(2)12-18-13-20-19(16-8-4-3-5-9-16)14-21(18)17-10-6-7-11-17/h15-20H,3-14H2,1-2H3. The summed E-state index contributed by atoms with van der Waals surface area (Å²) in [7, 11) is 0. The Bertz CT molecular complexity index is 303. The Balaban J connectivity index is 1.63. The molecule has 2 atom stereocenters. The second kappa shape index (κ2) is 7.46. The third-order valence-corrected chi connectivity index (χ3v) is 6.25. The van der Waals surface area contributed by atoms with Gasteiger partial charge in [0.2, 0.25) is 0 Å². The summed E-state index contributed by atoms with van der Waals surface area (Å²) in [4.78, 5) is 2.95. The third kappa shape index (κ3) is 4.01. The Kier molecular flexibility index (Phi) is 5.61. The van der Waals surface area contributed by atoms with Gasteiger partial charge in [-0.3, -0.25) is 4.90 Å². The first-order valence-corrected chi connectivity index (χ1v) is 9.73. The molecule has 2 saturated carbocycles. The highest BCUT2D eigenvalue weighted by Crippen LogP contribution is 2.33. The van der Waals surface area contributed by atoms with Crippen molar-refractivity contribution in [3.8, 4) is 0 Å². The molecule has 2 aliphatic carbocycles. The summed E-state index contributed by atoms with van der Waals surface area (Å²) in [6.45, 7) is 7.36. The minimum absolute atomic E-state index is 0.786. The van der Waals surface area contributed by atoms with Crippen molar-refractivity contribution in [2.45, 2.75) is 96.2 Å². The summed E-state index contributed by atoms with van der Waals surface area (Å²) in [6, 6.07) is 2.49. The molecule has 0 bridgehead atoms. The maximum Gasteiger partial charge on any atom is 0.0226 e.